The van der Waals surface area contributed by atoms with Gasteiger partial charge >= 0.3 is 6.03 Å². The van der Waals surface area contributed by atoms with Crippen LogP contribution in [0, 0.1) is 0 Å². The average molecular weight is 366 g/mol. The number of ether oxygens (including phenoxy) is 1. The minimum Gasteiger partial charge on any atom is -0.492 e. The molecule has 138 valence electrons. The van der Waals surface area contributed by atoms with Gasteiger partial charge in [-0.3, -0.25) is 0 Å². The summed E-state index contributed by atoms with van der Waals surface area (Å²) in [6.07, 6.45) is 3.46. The first-order valence-corrected chi connectivity index (χ1v) is 10.6. The molecule has 2 atom stereocenters. The molecule has 1 heterocycles. The maximum Gasteiger partial charge on any atom is 0.317 e. The van der Waals surface area contributed by atoms with Crippen molar-refractivity contribution in [2.45, 2.75) is 44.4 Å². The van der Waals surface area contributed by atoms with Crippen molar-refractivity contribution >= 4 is 15.9 Å². The summed E-state index contributed by atoms with van der Waals surface area (Å²) in [5.74, 6) is 0.860. The van der Waals surface area contributed by atoms with E-state index in [1.807, 2.05) is 6.07 Å². The van der Waals surface area contributed by atoms with Gasteiger partial charge in [-0.1, -0.05) is 6.07 Å². The number of carbonyl (C=O) groups is 1. The van der Waals surface area contributed by atoms with Gasteiger partial charge in [0.1, 0.15) is 12.4 Å². The van der Waals surface area contributed by atoms with Gasteiger partial charge < -0.3 is 15.0 Å². The van der Waals surface area contributed by atoms with Gasteiger partial charge in [0.15, 0.2) is 9.84 Å². The molecule has 0 unspecified atom stereocenters. The topological polar surface area (TPSA) is 75.7 Å². The molecule has 7 heteroatoms. The van der Waals surface area contributed by atoms with Crippen LogP contribution in [-0.2, 0) is 22.7 Å². The Morgan fingerprint density at radius 2 is 2.04 bits per heavy atom. The van der Waals surface area contributed by atoms with Crippen LogP contribution in [0.3, 0.4) is 0 Å². The molecule has 3 rings (SSSR count). The van der Waals surface area contributed by atoms with E-state index in [4.69, 9.17) is 4.74 Å². The Balaban J connectivity index is 1.45. The van der Waals surface area contributed by atoms with Gasteiger partial charge in [-0.05, 0) is 56.4 Å². The first-order valence-electron chi connectivity index (χ1n) is 8.89. The maximum atomic E-state index is 12.3. The number of hydrogen-bond acceptors (Lipinski definition) is 4. The van der Waals surface area contributed by atoms with E-state index in [9.17, 15) is 13.2 Å². The molecule has 1 fully saturated rings. The predicted octanol–water partition coefficient (Wildman–Crippen LogP) is 1.77. The van der Waals surface area contributed by atoms with Crippen LogP contribution in [0.1, 0.15) is 31.4 Å². The van der Waals surface area contributed by atoms with Gasteiger partial charge in [0.25, 0.3) is 0 Å². The highest BCUT2D eigenvalue weighted by Gasteiger charge is 2.37. The van der Waals surface area contributed by atoms with E-state index in [1.165, 1.54) is 17.5 Å². The Kier molecular flexibility index (Phi) is 5.22. The van der Waals surface area contributed by atoms with Gasteiger partial charge in [-0.15, -0.1) is 0 Å². The summed E-state index contributed by atoms with van der Waals surface area (Å²) in [5, 5.41) is 2.29. The molecule has 1 aromatic rings. The minimum absolute atomic E-state index is 0.0253. The number of sulfone groups is 1. The molecule has 1 saturated heterocycles. The molecular weight excluding hydrogens is 340 g/mol. The van der Waals surface area contributed by atoms with Crippen LogP contribution in [0.25, 0.3) is 0 Å². The van der Waals surface area contributed by atoms with Gasteiger partial charge in [0.2, 0.25) is 0 Å². The van der Waals surface area contributed by atoms with E-state index >= 15 is 0 Å². The average Bonchev–Trinajstić information content (AvgIpc) is 3.04. The van der Waals surface area contributed by atoms with Crippen molar-refractivity contribution in [3.8, 4) is 5.75 Å². The summed E-state index contributed by atoms with van der Waals surface area (Å²) < 4.78 is 29.5. The fourth-order valence-electron chi connectivity index (χ4n) is 3.52. The standard InChI is InChI=1S/C18H26N2O4S/c1-13-14(2)25(22,23)11-9-20(13)18(21)19-8-10-24-17-7-6-15-4-3-5-16(15)12-17/h6-7,12-14H,3-5,8-11H2,1-2H3,(H,19,21)/t13-,14-/m1/s1. The Morgan fingerprint density at radius 3 is 2.84 bits per heavy atom. The molecule has 2 amide bonds. The molecule has 0 spiro atoms. The second-order valence-electron chi connectivity index (χ2n) is 6.87. The summed E-state index contributed by atoms with van der Waals surface area (Å²) in [5.41, 5.74) is 2.77. The van der Waals surface area contributed by atoms with Crippen LogP contribution in [-0.4, -0.2) is 56.1 Å². The highest BCUT2D eigenvalue weighted by molar-refractivity contribution is 7.92. The lowest BCUT2D eigenvalue weighted by Crippen LogP contribution is -2.57. The lowest BCUT2D eigenvalue weighted by molar-refractivity contribution is 0.175. The number of nitrogens with one attached hydrogen (secondary N) is 1. The summed E-state index contributed by atoms with van der Waals surface area (Å²) in [4.78, 5) is 13.9. The van der Waals surface area contributed by atoms with Gasteiger partial charge in [-0.2, -0.15) is 0 Å². The van der Waals surface area contributed by atoms with Crippen molar-refractivity contribution in [1.82, 2.24) is 10.2 Å². The van der Waals surface area contributed by atoms with E-state index in [1.54, 1.807) is 18.7 Å². The number of amides is 2. The van der Waals surface area contributed by atoms with Crippen LogP contribution in [0.5, 0.6) is 5.75 Å². The molecule has 6 nitrogen and oxygen atoms in total. The van der Waals surface area contributed by atoms with Crippen LogP contribution in [0.2, 0.25) is 0 Å². The Morgan fingerprint density at radius 1 is 1.28 bits per heavy atom. The molecule has 0 aromatic heterocycles. The van der Waals surface area contributed by atoms with E-state index < -0.39 is 15.1 Å². The monoisotopic (exact) mass is 366 g/mol. The van der Waals surface area contributed by atoms with E-state index in [0.29, 0.717) is 13.2 Å². The highest BCUT2D eigenvalue weighted by atomic mass is 32.2. The number of rotatable bonds is 4. The van der Waals surface area contributed by atoms with E-state index in [0.717, 1.165) is 18.6 Å². The third-order valence-electron chi connectivity index (χ3n) is 5.33. The molecule has 0 radical (unpaired) electrons. The van der Waals surface area contributed by atoms with Crippen LogP contribution >= 0.6 is 0 Å². The predicted molar refractivity (Wildman–Crippen MR) is 96.8 cm³/mol. The second-order valence-corrected chi connectivity index (χ2v) is 9.35. The zero-order chi connectivity index (χ0) is 18.0. The maximum absolute atomic E-state index is 12.3. The van der Waals surface area contributed by atoms with Crippen molar-refractivity contribution in [3.63, 3.8) is 0 Å². The zero-order valence-corrected chi connectivity index (χ0v) is 15.6. The van der Waals surface area contributed by atoms with Crippen molar-refractivity contribution < 1.29 is 17.9 Å². The van der Waals surface area contributed by atoms with Gasteiger partial charge in [0.05, 0.1) is 17.5 Å². The van der Waals surface area contributed by atoms with Crippen LogP contribution < -0.4 is 10.1 Å². The molecule has 1 aromatic carbocycles. The van der Waals surface area contributed by atoms with Crippen LogP contribution in [0.4, 0.5) is 4.79 Å². The first kappa shape index (κ1) is 18.0. The van der Waals surface area contributed by atoms with Crippen molar-refractivity contribution in [2.75, 3.05) is 25.4 Å². The quantitative estimate of drug-likeness (QED) is 0.824. The molecule has 0 bridgehead atoms. The number of carbonyl (C=O) groups excluding carboxylic acids is 1. The lowest BCUT2D eigenvalue weighted by Gasteiger charge is -2.37. The number of fused-ring (bicyclic) bond motifs is 1. The molecule has 2 aliphatic rings. The van der Waals surface area contributed by atoms with Crippen molar-refractivity contribution in [3.05, 3.63) is 29.3 Å². The summed E-state index contributed by atoms with van der Waals surface area (Å²) in [6, 6.07) is 5.63. The first-order chi connectivity index (χ1) is 11.9. The zero-order valence-electron chi connectivity index (χ0n) is 14.8. The number of nitrogens with zero attached hydrogens (tertiary/aromatic N) is 1. The number of benzene rings is 1. The minimum atomic E-state index is -3.09. The number of aryl methyl sites for hydroxylation is 2. The Bertz CT molecular complexity index is 747. The molecule has 1 aliphatic carbocycles. The normalized spacial score (nSPS) is 24.6. The van der Waals surface area contributed by atoms with Gasteiger partial charge in [0, 0.05) is 12.6 Å². The van der Waals surface area contributed by atoms with Gasteiger partial charge in [-0.25, -0.2) is 13.2 Å². The number of urea groups is 1. The van der Waals surface area contributed by atoms with Crippen LogP contribution in [0.15, 0.2) is 18.2 Å². The molecule has 1 N–H and O–H groups in total. The number of hydrogen-bond donors (Lipinski definition) is 1. The molecule has 1 aliphatic heterocycles. The third-order valence-corrected chi connectivity index (χ3v) is 7.61. The third kappa shape index (κ3) is 3.92. The smallest absolute Gasteiger partial charge is 0.317 e. The SMILES string of the molecule is C[C@@H]1[C@@H](C)S(=O)(=O)CCN1C(=O)NCCOc1ccc2c(c1)CCC2. The fourth-order valence-corrected chi connectivity index (χ4v) is 5.09. The highest BCUT2D eigenvalue weighted by Crippen LogP contribution is 2.26. The summed E-state index contributed by atoms with van der Waals surface area (Å²) in [7, 11) is -3.09. The van der Waals surface area contributed by atoms with E-state index in [2.05, 4.69) is 17.4 Å². The van der Waals surface area contributed by atoms with E-state index in [-0.39, 0.29) is 24.4 Å². The Labute approximate surface area is 149 Å². The fraction of sp³-hybridized carbons (Fsp3) is 0.611. The molecule has 0 saturated carbocycles. The molecular formula is C18H26N2O4S. The Hall–Kier alpha value is -1.76. The van der Waals surface area contributed by atoms with Crippen molar-refractivity contribution in [1.29, 1.82) is 0 Å². The summed E-state index contributed by atoms with van der Waals surface area (Å²) >= 11 is 0. The molecule has 25 heavy (non-hydrogen) atoms. The second kappa shape index (κ2) is 7.23. The van der Waals surface area contributed by atoms with Crippen molar-refractivity contribution in [2.24, 2.45) is 0 Å². The lowest BCUT2D eigenvalue weighted by atomic mass is 10.1. The summed E-state index contributed by atoms with van der Waals surface area (Å²) in [6.45, 7) is 4.46. The largest absolute Gasteiger partial charge is 0.492 e.